The van der Waals surface area contributed by atoms with E-state index in [0.717, 1.165) is 22.6 Å². The molecule has 0 bridgehead atoms. The summed E-state index contributed by atoms with van der Waals surface area (Å²) in [5, 5.41) is 3.10. The van der Waals surface area contributed by atoms with E-state index in [2.05, 4.69) is 29.6 Å². The fourth-order valence-electron chi connectivity index (χ4n) is 2.22. The van der Waals surface area contributed by atoms with Gasteiger partial charge in [0, 0.05) is 12.7 Å². The van der Waals surface area contributed by atoms with Gasteiger partial charge in [-0.3, -0.25) is 0 Å². The maximum Gasteiger partial charge on any atom is 0.119 e. The molecule has 1 N–H and O–H groups in total. The van der Waals surface area contributed by atoms with Gasteiger partial charge in [0.2, 0.25) is 0 Å². The molecule has 0 saturated carbocycles. The molecule has 0 amide bonds. The maximum atomic E-state index is 11.8. The number of nitrogens with one attached hydrogen (secondary N) is 1. The van der Waals surface area contributed by atoms with Crippen LogP contribution in [-0.4, -0.2) is 46.8 Å². The summed E-state index contributed by atoms with van der Waals surface area (Å²) < 4.78 is 27.7. The second kappa shape index (κ2) is 12.1. The molecule has 26 heavy (non-hydrogen) atoms. The number of ether oxygens (including phenoxy) is 3. The predicted octanol–water partition coefficient (Wildman–Crippen LogP) is 4.28. The Kier molecular flexibility index (Phi) is 9.25. The maximum absolute atomic E-state index is 11.8. The molecular weight excluding hydrogens is 333 g/mol. The number of anilines is 1. The molecule has 0 aliphatic rings. The molecule has 2 aromatic rings. The van der Waals surface area contributed by atoms with E-state index >= 15 is 0 Å². The normalized spacial score (nSPS) is 11.0. The van der Waals surface area contributed by atoms with Crippen molar-refractivity contribution in [3.05, 3.63) is 59.7 Å². The Morgan fingerprint density at radius 3 is 1.88 bits per heavy atom. The Morgan fingerprint density at radius 2 is 1.31 bits per heavy atom. The minimum atomic E-state index is -0.461. The van der Waals surface area contributed by atoms with Crippen LogP contribution in [0.2, 0.25) is 0 Å². The summed E-state index contributed by atoms with van der Waals surface area (Å²) in [5.74, 6) is 0.804. The molecule has 4 nitrogen and oxygen atoms in total. The van der Waals surface area contributed by atoms with E-state index in [-0.39, 0.29) is 6.61 Å². The molecule has 140 valence electrons. The van der Waals surface area contributed by atoms with E-state index in [1.54, 1.807) is 0 Å². The molecule has 0 spiro atoms. The molecule has 0 aliphatic heterocycles. The zero-order valence-electron chi connectivity index (χ0n) is 15.1. The van der Waals surface area contributed by atoms with Crippen LogP contribution in [0.1, 0.15) is 11.1 Å². The molecular formula is C21H26FNO3. The standard InChI is InChI=1S/C21H26FNO3/c1-23-20-8-4-18(5-9-20)2-3-19-6-10-21(11-7-19)26-17-16-25-15-14-24-13-12-22/h2-11,23H,12-17H2,1H3. The van der Waals surface area contributed by atoms with Gasteiger partial charge in [-0.05, 0) is 35.4 Å². The number of alkyl halides is 1. The average Bonchev–Trinajstić information content (AvgIpc) is 2.69. The van der Waals surface area contributed by atoms with E-state index in [9.17, 15) is 4.39 Å². The second-order valence-corrected chi connectivity index (χ2v) is 5.54. The van der Waals surface area contributed by atoms with Gasteiger partial charge in [0.05, 0.1) is 26.4 Å². The topological polar surface area (TPSA) is 39.7 Å². The first-order valence-corrected chi connectivity index (χ1v) is 8.72. The zero-order valence-corrected chi connectivity index (χ0v) is 15.1. The van der Waals surface area contributed by atoms with Gasteiger partial charge in [-0.25, -0.2) is 4.39 Å². The SMILES string of the molecule is CNc1ccc(C=Cc2ccc(OCCOCCOCCF)cc2)cc1. The summed E-state index contributed by atoms with van der Waals surface area (Å²) in [6.45, 7) is 1.46. The highest BCUT2D eigenvalue weighted by Gasteiger charge is 1.95. The number of hydrogen-bond acceptors (Lipinski definition) is 4. The van der Waals surface area contributed by atoms with Gasteiger partial charge < -0.3 is 19.5 Å². The third-order valence-electron chi connectivity index (χ3n) is 3.64. The summed E-state index contributed by atoms with van der Waals surface area (Å²) in [6.07, 6.45) is 4.15. The average molecular weight is 359 g/mol. The van der Waals surface area contributed by atoms with Gasteiger partial charge >= 0.3 is 0 Å². The van der Waals surface area contributed by atoms with Crippen molar-refractivity contribution < 1.29 is 18.6 Å². The molecule has 0 fully saturated rings. The van der Waals surface area contributed by atoms with Crippen LogP contribution < -0.4 is 10.1 Å². The van der Waals surface area contributed by atoms with Crippen molar-refractivity contribution in [3.8, 4) is 5.75 Å². The molecule has 0 saturated heterocycles. The lowest BCUT2D eigenvalue weighted by Crippen LogP contribution is -2.11. The Hall–Kier alpha value is -2.37. The van der Waals surface area contributed by atoms with Crippen molar-refractivity contribution in [1.82, 2.24) is 0 Å². The molecule has 2 aromatic carbocycles. The minimum absolute atomic E-state index is 0.127. The molecule has 0 atom stereocenters. The van der Waals surface area contributed by atoms with Crippen LogP contribution in [0.4, 0.5) is 10.1 Å². The van der Waals surface area contributed by atoms with Crippen LogP contribution in [0.5, 0.6) is 5.75 Å². The van der Waals surface area contributed by atoms with Gasteiger partial charge in [-0.1, -0.05) is 36.4 Å². The van der Waals surface area contributed by atoms with Crippen LogP contribution >= 0.6 is 0 Å². The van der Waals surface area contributed by atoms with Gasteiger partial charge in [-0.15, -0.1) is 0 Å². The number of halogens is 1. The highest BCUT2D eigenvalue weighted by atomic mass is 19.1. The summed E-state index contributed by atoms with van der Waals surface area (Å²) in [4.78, 5) is 0. The van der Waals surface area contributed by atoms with Crippen molar-refractivity contribution in [1.29, 1.82) is 0 Å². The molecule has 0 aromatic heterocycles. The van der Waals surface area contributed by atoms with Crippen molar-refractivity contribution in [2.75, 3.05) is 52.1 Å². The minimum Gasteiger partial charge on any atom is -0.491 e. The Labute approximate surface area is 154 Å². The number of rotatable bonds is 12. The second-order valence-electron chi connectivity index (χ2n) is 5.54. The van der Waals surface area contributed by atoms with Crippen molar-refractivity contribution >= 4 is 17.8 Å². The van der Waals surface area contributed by atoms with Crippen molar-refractivity contribution in [2.45, 2.75) is 0 Å². The van der Waals surface area contributed by atoms with Crippen molar-refractivity contribution in [2.24, 2.45) is 0 Å². The summed E-state index contributed by atoms with van der Waals surface area (Å²) in [7, 11) is 1.91. The first-order valence-electron chi connectivity index (χ1n) is 8.72. The predicted molar refractivity (Wildman–Crippen MR) is 104 cm³/mol. The van der Waals surface area contributed by atoms with E-state index in [0.29, 0.717) is 26.4 Å². The highest BCUT2D eigenvalue weighted by Crippen LogP contribution is 2.15. The van der Waals surface area contributed by atoms with Gasteiger partial charge in [0.1, 0.15) is 19.0 Å². The Balaban J connectivity index is 1.68. The fraction of sp³-hybridized carbons (Fsp3) is 0.333. The Bertz CT molecular complexity index is 641. The van der Waals surface area contributed by atoms with Crippen LogP contribution in [0.3, 0.4) is 0 Å². The molecule has 5 heteroatoms. The first kappa shape index (κ1) is 19.9. The number of hydrogen-bond donors (Lipinski definition) is 1. The lowest BCUT2D eigenvalue weighted by Gasteiger charge is -2.07. The van der Waals surface area contributed by atoms with Crippen LogP contribution in [-0.2, 0) is 9.47 Å². The third-order valence-corrected chi connectivity index (χ3v) is 3.64. The summed E-state index contributed by atoms with van der Waals surface area (Å²) in [6, 6.07) is 16.1. The summed E-state index contributed by atoms with van der Waals surface area (Å²) >= 11 is 0. The number of benzene rings is 2. The highest BCUT2D eigenvalue weighted by molar-refractivity contribution is 5.70. The first-order chi connectivity index (χ1) is 12.8. The van der Waals surface area contributed by atoms with Crippen molar-refractivity contribution in [3.63, 3.8) is 0 Å². The lowest BCUT2D eigenvalue weighted by molar-refractivity contribution is 0.0325. The van der Waals surface area contributed by atoms with Crippen LogP contribution in [0, 0.1) is 0 Å². The molecule has 0 unspecified atom stereocenters. The van der Waals surface area contributed by atoms with E-state index in [1.807, 2.05) is 43.4 Å². The largest absolute Gasteiger partial charge is 0.491 e. The van der Waals surface area contributed by atoms with Crippen LogP contribution in [0.15, 0.2) is 48.5 Å². The molecule has 0 heterocycles. The smallest absolute Gasteiger partial charge is 0.119 e. The molecule has 2 rings (SSSR count). The van der Waals surface area contributed by atoms with Gasteiger partial charge in [-0.2, -0.15) is 0 Å². The zero-order chi connectivity index (χ0) is 18.5. The third kappa shape index (κ3) is 7.68. The van der Waals surface area contributed by atoms with E-state index < -0.39 is 6.67 Å². The quantitative estimate of drug-likeness (QED) is 0.454. The lowest BCUT2D eigenvalue weighted by atomic mass is 10.1. The molecule has 0 radical (unpaired) electrons. The molecule has 0 aliphatic carbocycles. The fourth-order valence-corrected chi connectivity index (χ4v) is 2.22. The van der Waals surface area contributed by atoms with Crippen LogP contribution in [0.25, 0.3) is 12.2 Å². The Morgan fingerprint density at radius 1 is 0.769 bits per heavy atom. The summed E-state index contributed by atoms with van der Waals surface area (Å²) in [5.41, 5.74) is 3.35. The van der Waals surface area contributed by atoms with E-state index in [4.69, 9.17) is 14.2 Å². The van der Waals surface area contributed by atoms with E-state index in [1.165, 1.54) is 0 Å². The van der Waals surface area contributed by atoms with Gasteiger partial charge in [0.15, 0.2) is 0 Å². The monoisotopic (exact) mass is 359 g/mol. The van der Waals surface area contributed by atoms with Gasteiger partial charge in [0.25, 0.3) is 0 Å².